The summed E-state index contributed by atoms with van der Waals surface area (Å²) in [4.78, 5) is 4.06. The van der Waals surface area contributed by atoms with Gasteiger partial charge >= 0.3 is 0 Å². The van der Waals surface area contributed by atoms with Crippen molar-refractivity contribution in [3.8, 4) is 0 Å². The molecule has 2 unspecified atom stereocenters. The standard InChI is InChI=1S/C12H16N2O2/c13-10(8-9-4-2-1-3-5-9)11(15)12-14-6-7-16-12/h1-5,10-11,15H,6-8,13H2. The highest BCUT2D eigenvalue weighted by molar-refractivity contribution is 5.82. The predicted molar refractivity (Wildman–Crippen MR) is 62.4 cm³/mol. The van der Waals surface area contributed by atoms with Gasteiger partial charge in [0.1, 0.15) is 12.7 Å². The van der Waals surface area contributed by atoms with E-state index in [1.807, 2.05) is 30.3 Å². The Hall–Kier alpha value is -1.39. The van der Waals surface area contributed by atoms with Crippen molar-refractivity contribution in [2.75, 3.05) is 13.2 Å². The first-order valence-corrected chi connectivity index (χ1v) is 5.42. The lowest BCUT2D eigenvalue weighted by molar-refractivity contribution is 0.173. The molecular weight excluding hydrogens is 204 g/mol. The second kappa shape index (κ2) is 5.09. The van der Waals surface area contributed by atoms with Crippen molar-refractivity contribution < 1.29 is 9.84 Å². The minimum Gasteiger partial charge on any atom is -0.477 e. The molecule has 4 nitrogen and oxygen atoms in total. The third kappa shape index (κ3) is 2.59. The van der Waals surface area contributed by atoms with E-state index in [4.69, 9.17) is 10.5 Å². The Morgan fingerprint density at radius 1 is 1.38 bits per heavy atom. The number of rotatable bonds is 4. The minimum atomic E-state index is -0.803. The third-order valence-corrected chi connectivity index (χ3v) is 2.58. The molecule has 0 aliphatic carbocycles. The van der Waals surface area contributed by atoms with Gasteiger partial charge in [0, 0.05) is 6.04 Å². The van der Waals surface area contributed by atoms with Gasteiger partial charge in [0.2, 0.25) is 5.90 Å². The average Bonchev–Trinajstić information content (AvgIpc) is 2.83. The molecule has 0 saturated heterocycles. The second-order valence-electron chi connectivity index (χ2n) is 3.87. The fourth-order valence-corrected chi connectivity index (χ4v) is 1.71. The summed E-state index contributed by atoms with van der Waals surface area (Å²) in [6, 6.07) is 9.47. The molecule has 1 aromatic carbocycles. The number of ether oxygens (including phenoxy) is 1. The largest absolute Gasteiger partial charge is 0.477 e. The van der Waals surface area contributed by atoms with Gasteiger partial charge in [-0.15, -0.1) is 0 Å². The highest BCUT2D eigenvalue weighted by Gasteiger charge is 2.24. The molecule has 0 spiro atoms. The summed E-state index contributed by atoms with van der Waals surface area (Å²) in [6.07, 6.45) is -0.188. The molecule has 1 aliphatic heterocycles. The van der Waals surface area contributed by atoms with Gasteiger partial charge < -0.3 is 15.6 Å². The summed E-state index contributed by atoms with van der Waals surface area (Å²) in [5.41, 5.74) is 7.02. The smallest absolute Gasteiger partial charge is 0.214 e. The summed E-state index contributed by atoms with van der Waals surface area (Å²) >= 11 is 0. The molecule has 0 amide bonds. The van der Waals surface area contributed by atoms with Gasteiger partial charge in [0.25, 0.3) is 0 Å². The van der Waals surface area contributed by atoms with Crippen molar-refractivity contribution in [3.05, 3.63) is 35.9 Å². The van der Waals surface area contributed by atoms with Crippen LogP contribution in [0, 0.1) is 0 Å². The van der Waals surface area contributed by atoms with Crippen molar-refractivity contribution in [2.45, 2.75) is 18.6 Å². The van der Waals surface area contributed by atoms with Gasteiger partial charge in [0.05, 0.1) is 6.54 Å². The molecule has 0 saturated carbocycles. The van der Waals surface area contributed by atoms with Gasteiger partial charge in [-0.05, 0) is 12.0 Å². The van der Waals surface area contributed by atoms with Crippen LogP contribution in [0.5, 0.6) is 0 Å². The van der Waals surface area contributed by atoms with Crippen LogP contribution in [-0.4, -0.2) is 36.3 Å². The van der Waals surface area contributed by atoms with E-state index in [0.717, 1.165) is 5.56 Å². The minimum absolute atomic E-state index is 0.376. The van der Waals surface area contributed by atoms with E-state index < -0.39 is 6.10 Å². The first-order valence-electron chi connectivity index (χ1n) is 5.42. The molecule has 0 fully saturated rings. The van der Waals surface area contributed by atoms with Crippen molar-refractivity contribution >= 4 is 5.90 Å². The number of aliphatic hydroxyl groups is 1. The summed E-state index contributed by atoms with van der Waals surface area (Å²) in [7, 11) is 0. The fraction of sp³-hybridized carbons (Fsp3) is 0.417. The zero-order valence-corrected chi connectivity index (χ0v) is 9.04. The monoisotopic (exact) mass is 220 g/mol. The maximum Gasteiger partial charge on any atom is 0.214 e. The van der Waals surface area contributed by atoms with Gasteiger partial charge in [-0.2, -0.15) is 0 Å². The highest BCUT2D eigenvalue weighted by Crippen LogP contribution is 2.08. The second-order valence-corrected chi connectivity index (χ2v) is 3.87. The summed E-state index contributed by atoms with van der Waals surface area (Å²) in [5.74, 6) is 0.378. The van der Waals surface area contributed by atoms with Crippen LogP contribution in [0.25, 0.3) is 0 Å². The molecule has 3 N–H and O–H groups in total. The van der Waals surface area contributed by atoms with Crippen molar-refractivity contribution in [1.29, 1.82) is 0 Å². The molecule has 2 rings (SSSR count). The normalized spacial score (nSPS) is 18.8. The van der Waals surface area contributed by atoms with Crippen LogP contribution in [-0.2, 0) is 11.2 Å². The van der Waals surface area contributed by atoms with Crippen LogP contribution in [0.2, 0.25) is 0 Å². The lowest BCUT2D eigenvalue weighted by Gasteiger charge is -2.18. The Bertz CT molecular complexity index is 365. The number of aliphatic hydroxyl groups excluding tert-OH is 1. The first-order chi connectivity index (χ1) is 7.77. The number of hydrogen-bond acceptors (Lipinski definition) is 4. The Kier molecular flexibility index (Phi) is 3.54. The lowest BCUT2D eigenvalue weighted by atomic mass is 10.0. The van der Waals surface area contributed by atoms with Crippen molar-refractivity contribution in [2.24, 2.45) is 10.7 Å². The van der Waals surface area contributed by atoms with Gasteiger partial charge in [-0.25, -0.2) is 4.99 Å². The van der Waals surface area contributed by atoms with Crippen LogP contribution in [0.1, 0.15) is 5.56 Å². The molecule has 2 atom stereocenters. The van der Waals surface area contributed by atoms with Gasteiger partial charge in [0.15, 0.2) is 0 Å². The van der Waals surface area contributed by atoms with Crippen molar-refractivity contribution in [1.82, 2.24) is 0 Å². The Balaban J connectivity index is 1.95. The molecule has 86 valence electrons. The molecule has 0 bridgehead atoms. The van der Waals surface area contributed by atoms with E-state index in [2.05, 4.69) is 4.99 Å². The predicted octanol–water partition coefficient (Wildman–Crippen LogP) is 0.346. The Morgan fingerprint density at radius 2 is 2.12 bits per heavy atom. The topological polar surface area (TPSA) is 67.8 Å². The molecule has 16 heavy (non-hydrogen) atoms. The number of aliphatic imine (C=N–C) groups is 1. The Labute approximate surface area is 94.8 Å². The Morgan fingerprint density at radius 3 is 2.75 bits per heavy atom. The van der Waals surface area contributed by atoms with Crippen molar-refractivity contribution in [3.63, 3.8) is 0 Å². The number of benzene rings is 1. The average molecular weight is 220 g/mol. The van der Waals surface area contributed by atoms with E-state index >= 15 is 0 Å². The van der Waals surface area contributed by atoms with Crippen LogP contribution in [0.4, 0.5) is 0 Å². The van der Waals surface area contributed by atoms with Gasteiger partial charge in [-0.3, -0.25) is 0 Å². The summed E-state index contributed by atoms with van der Waals surface area (Å²) in [5, 5.41) is 9.90. The number of nitrogens with zero attached hydrogens (tertiary/aromatic N) is 1. The zero-order chi connectivity index (χ0) is 11.4. The van der Waals surface area contributed by atoms with Crippen LogP contribution >= 0.6 is 0 Å². The van der Waals surface area contributed by atoms with Crippen LogP contribution < -0.4 is 5.73 Å². The highest BCUT2D eigenvalue weighted by atomic mass is 16.5. The van der Waals surface area contributed by atoms with E-state index in [9.17, 15) is 5.11 Å². The summed E-state index contributed by atoms with van der Waals surface area (Å²) < 4.78 is 5.19. The lowest BCUT2D eigenvalue weighted by Crippen LogP contribution is -2.42. The molecule has 0 aromatic heterocycles. The van der Waals surface area contributed by atoms with E-state index in [1.165, 1.54) is 0 Å². The number of hydrogen-bond donors (Lipinski definition) is 2. The van der Waals surface area contributed by atoms with E-state index in [0.29, 0.717) is 25.5 Å². The SMILES string of the molecule is NC(Cc1ccccc1)C(O)C1=NCCO1. The first kappa shape index (κ1) is 11.1. The molecule has 1 heterocycles. The number of nitrogens with two attached hydrogens (primary N) is 1. The molecule has 1 aromatic rings. The third-order valence-electron chi connectivity index (χ3n) is 2.58. The molecule has 1 aliphatic rings. The van der Waals surface area contributed by atoms with E-state index in [1.54, 1.807) is 0 Å². The molecular formula is C12H16N2O2. The maximum absolute atomic E-state index is 9.90. The fourth-order valence-electron chi connectivity index (χ4n) is 1.71. The van der Waals surface area contributed by atoms with Crippen LogP contribution in [0.3, 0.4) is 0 Å². The van der Waals surface area contributed by atoms with E-state index in [-0.39, 0.29) is 6.04 Å². The summed E-state index contributed by atoms with van der Waals surface area (Å²) in [6.45, 7) is 1.16. The molecule has 4 heteroatoms. The van der Waals surface area contributed by atoms with Gasteiger partial charge in [-0.1, -0.05) is 30.3 Å². The maximum atomic E-state index is 9.90. The molecule has 0 radical (unpaired) electrons. The zero-order valence-electron chi connectivity index (χ0n) is 9.04. The quantitative estimate of drug-likeness (QED) is 0.769. The van der Waals surface area contributed by atoms with Crippen LogP contribution in [0.15, 0.2) is 35.3 Å².